The topological polar surface area (TPSA) is 116 Å². The van der Waals surface area contributed by atoms with Gasteiger partial charge in [-0.25, -0.2) is 18.4 Å². The Balaban J connectivity index is 1.94. The molecule has 3 heterocycles. The molecule has 0 fully saturated rings. The van der Waals surface area contributed by atoms with Crippen molar-refractivity contribution in [2.75, 3.05) is 23.0 Å². The Kier molecular flexibility index (Phi) is 5.54. The van der Waals surface area contributed by atoms with Crippen molar-refractivity contribution in [2.45, 2.75) is 22.4 Å². The minimum absolute atomic E-state index is 0.0443. The zero-order chi connectivity index (χ0) is 19.8. The zero-order valence-corrected chi connectivity index (χ0v) is 17.7. The Bertz CT molecular complexity index is 1100. The van der Waals surface area contributed by atoms with E-state index in [1.54, 1.807) is 18.5 Å². The molecule has 144 valence electrons. The molecule has 0 spiro atoms. The molecule has 1 atom stereocenters. The molecule has 0 aromatic carbocycles. The van der Waals surface area contributed by atoms with E-state index in [1.807, 2.05) is 30.9 Å². The average Bonchev–Trinajstić information content (AvgIpc) is 2.87. The van der Waals surface area contributed by atoms with Crippen molar-refractivity contribution in [3.63, 3.8) is 0 Å². The Hall–Kier alpha value is -1.98. The van der Waals surface area contributed by atoms with Crippen molar-refractivity contribution in [3.05, 3.63) is 30.2 Å². The molecule has 0 saturated heterocycles. The first kappa shape index (κ1) is 19.8. The summed E-state index contributed by atoms with van der Waals surface area (Å²) in [4.78, 5) is 13.3. The predicted molar refractivity (Wildman–Crippen MR) is 112 cm³/mol. The molecule has 0 saturated carbocycles. The monoisotopic (exact) mass is 424 g/mol. The number of nitrogens with two attached hydrogens (primary N) is 1. The van der Waals surface area contributed by atoms with Crippen LogP contribution in [0.25, 0.3) is 10.9 Å². The van der Waals surface area contributed by atoms with Gasteiger partial charge in [-0.2, -0.15) is 0 Å². The number of aryl methyl sites for hydroxylation is 1. The number of hydrogen-bond donors (Lipinski definition) is 2. The number of pyridine rings is 1. The maximum atomic E-state index is 11.6. The number of anilines is 2. The standard InChI is InChI=1S/C16H20N6O2S3/c1-9(26-16-19-14(17)6-15(20-16)25-3)11-5-10-12(21-27(4,23)24)8-22(2)13(10)7-18-11/h5-9,21H,1-4H3,(H2,17,19,20). The summed E-state index contributed by atoms with van der Waals surface area (Å²) in [5, 5.41) is 2.13. The SMILES string of the molecule is CSc1cc(N)nc(SC(C)c2cc3c(NS(C)(=O)=O)cn(C)c3cn2)n1. The van der Waals surface area contributed by atoms with Crippen LogP contribution in [0.1, 0.15) is 17.9 Å². The molecule has 1 unspecified atom stereocenters. The number of sulfonamides is 1. The summed E-state index contributed by atoms with van der Waals surface area (Å²) in [6.45, 7) is 2.00. The van der Waals surface area contributed by atoms with Crippen LogP contribution in [-0.4, -0.2) is 40.4 Å². The van der Waals surface area contributed by atoms with E-state index in [-0.39, 0.29) is 5.25 Å². The molecule has 0 aliphatic heterocycles. The third-order valence-electron chi connectivity index (χ3n) is 3.80. The molecule has 0 bridgehead atoms. The van der Waals surface area contributed by atoms with Crippen molar-refractivity contribution < 1.29 is 8.42 Å². The Morgan fingerprint density at radius 1 is 1.30 bits per heavy atom. The Labute approximate surface area is 166 Å². The smallest absolute Gasteiger partial charge is 0.229 e. The normalized spacial score (nSPS) is 13.0. The van der Waals surface area contributed by atoms with Crippen LogP contribution in [0.3, 0.4) is 0 Å². The number of thioether (sulfide) groups is 2. The van der Waals surface area contributed by atoms with E-state index in [4.69, 9.17) is 5.73 Å². The molecular formula is C16H20N6O2S3. The first-order valence-corrected chi connectivity index (χ1v) is 11.9. The molecule has 3 N–H and O–H groups in total. The van der Waals surface area contributed by atoms with E-state index in [2.05, 4.69) is 19.7 Å². The molecule has 3 aromatic heterocycles. The summed E-state index contributed by atoms with van der Waals surface area (Å²) in [6, 6.07) is 3.62. The summed E-state index contributed by atoms with van der Waals surface area (Å²) in [7, 11) is -1.53. The van der Waals surface area contributed by atoms with Crippen molar-refractivity contribution >= 4 is 56.0 Å². The van der Waals surface area contributed by atoms with E-state index in [1.165, 1.54) is 23.5 Å². The van der Waals surface area contributed by atoms with Gasteiger partial charge < -0.3 is 10.3 Å². The summed E-state index contributed by atoms with van der Waals surface area (Å²) < 4.78 is 27.7. The molecule has 0 aliphatic rings. The maximum Gasteiger partial charge on any atom is 0.229 e. The number of fused-ring (bicyclic) bond motifs is 1. The number of nitrogen functional groups attached to an aromatic ring is 1. The molecule has 11 heteroatoms. The van der Waals surface area contributed by atoms with Gasteiger partial charge in [-0.3, -0.25) is 9.71 Å². The summed E-state index contributed by atoms with van der Waals surface area (Å²) in [5.74, 6) is 0.426. The summed E-state index contributed by atoms with van der Waals surface area (Å²) in [5.41, 5.74) is 8.01. The second-order valence-electron chi connectivity index (χ2n) is 6.03. The van der Waals surface area contributed by atoms with E-state index < -0.39 is 10.0 Å². The highest BCUT2D eigenvalue weighted by molar-refractivity contribution is 7.99. The average molecular weight is 425 g/mol. The van der Waals surface area contributed by atoms with Gasteiger partial charge in [0.15, 0.2) is 5.16 Å². The van der Waals surface area contributed by atoms with Crippen LogP contribution in [0.15, 0.2) is 34.7 Å². The van der Waals surface area contributed by atoms with Crippen LogP contribution < -0.4 is 10.5 Å². The van der Waals surface area contributed by atoms with Gasteiger partial charge >= 0.3 is 0 Å². The fourth-order valence-electron chi connectivity index (χ4n) is 2.59. The third kappa shape index (κ3) is 4.66. The molecule has 3 aromatic rings. The quantitative estimate of drug-likeness (QED) is 0.352. The second-order valence-corrected chi connectivity index (χ2v) is 9.91. The minimum Gasteiger partial charge on any atom is -0.384 e. The van der Waals surface area contributed by atoms with Crippen LogP contribution in [0.4, 0.5) is 11.5 Å². The minimum atomic E-state index is -3.37. The van der Waals surface area contributed by atoms with Crippen LogP contribution in [0, 0.1) is 0 Å². The molecule has 0 amide bonds. The summed E-state index contributed by atoms with van der Waals surface area (Å²) >= 11 is 2.96. The lowest BCUT2D eigenvalue weighted by Crippen LogP contribution is -2.09. The van der Waals surface area contributed by atoms with Gasteiger partial charge in [0.2, 0.25) is 10.0 Å². The molecule has 0 aliphatic carbocycles. The Morgan fingerprint density at radius 2 is 2.04 bits per heavy atom. The molecule has 3 rings (SSSR count). The number of rotatable bonds is 6. The highest BCUT2D eigenvalue weighted by Gasteiger charge is 2.16. The number of hydrogen-bond acceptors (Lipinski definition) is 8. The van der Waals surface area contributed by atoms with Crippen molar-refractivity contribution in [3.8, 4) is 0 Å². The first-order valence-electron chi connectivity index (χ1n) is 7.94. The maximum absolute atomic E-state index is 11.6. The molecular weight excluding hydrogens is 404 g/mol. The van der Waals surface area contributed by atoms with E-state index >= 15 is 0 Å². The summed E-state index contributed by atoms with van der Waals surface area (Å²) in [6.07, 6.45) is 6.54. The number of nitrogens with one attached hydrogen (secondary N) is 1. The third-order valence-corrected chi connectivity index (χ3v) is 6.01. The van der Waals surface area contributed by atoms with E-state index in [0.29, 0.717) is 16.7 Å². The fourth-order valence-corrected chi connectivity index (χ4v) is 4.51. The van der Waals surface area contributed by atoms with Crippen LogP contribution in [0.5, 0.6) is 0 Å². The molecule has 27 heavy (non-hydrogen) atoms. The van der Waals surface area contributed by atoms with Gasteiger partial charge in [-0.15, -0.1) is 11.8 Å². The number of aromatic nitrogens is 4. The van der Waals surface area contributed by atoms with Crippen molar-refractivity contribution in [1.82, 2.24) is 19.5 Å². The zero-order valence-electron chi connectivity index (χ0n) is 15.3. The molecule has 0 radical (unpaired) electrons. The van der Waals surface area contributed by atoms with Gasteiger partial charge in [0, 0.05) is 24.7 Å². The van der Waals surface area contributed by atoms with Crippen LogP contribution in [0.2, 0.25) is 0 Å². The highest BCUT2D eigenvalue weighted by atomic mass is 32.2. The lowest BCUT2D eigenvalue weighted by Gasteiger charge is -2.11. The largest absolute Gasteiger partial charge is 0.384 e. The van der Waals surface area contributed by atoms with Crippen LogP contribution in [-0.2, 0) is 17.1 Å². The first-order chi connectivity index (χ1) is 12.7. The Morgan fingerprint density at radius 3 is 2.70 bits per heavy atom. The van der Waals surface area contributed by atoms with E-state index in [9.17, 15) is 8.42 Å². The lowest BCUT2D eigenvalue weighted by atomic mass is 10.2. The fraction of sp³-hybridized carbons (Fsp3) is 0.312. The lowest BCUT2D eigenvalue weighted by molar-refractivity contribution is 0.607. The van der Waals surface area contributed by atoms with Gasteiger partial charge in [-0.1, -0.05) is 11.8 Å². The van der Waals surface area contributed by atoms with Gasteiger partial charge in [0.05, 0.1) is 34.6 Å². The van der Waals surface area contributed by atoms with E-state index in [0.717, 1.165) is 27.9 Å². The van der Waals surface area contributed by atoms with Gasteiger partial charge in [0.1, 0.15) is 10.8 Å². The highest BCUT2D eigenvalue weighted by Crippen LogP contribution is 2.35. The van der Waals surface area contributed by atoms with Crippen LogP contribution >= 0.6 is 23.5 Å². The van der Waals surface area contributed by atoms with Crippen molar-refractivity contribution in [2.24, 2.45) is 7.05 Å². The predicted octanol–water partition coefficient (Wildman–Crippen LogP) is 2.89. The van der Waals surface area contributed by atoms with Crippen molar-refractivity contribution in [1.29, 1.82) is 0 Å². The van der Waals surface area contributed by atoms with Gasteiger partial charge in [-0.05, 0) is 19.2 Å². The number of nitrogens with zero attached hydrogens (tertiary/aromatic N) is 4. The molecule has 8 nitrogen and oxygen atoms in total. The second kappa shape index (κ2) is 7.56. The van der Waals surface area contributed by atoms with Gasteiger partial charge in [0.25, 0.3) is 0 Å².